The maximum Gasteiger partial charge on any atom is 0.258 e. The van der Waals surface area contributed by atoms with Crippen LogP contribution in [0.1, 0.15) is 55.2 Å². The molecule has 0 bridgehead atoms. The van der Waals surface area contributed by atoms with Crippen molar-refractivity contribution < 1.29 is 14.4 Å². The van der Waals surface area contributed by atoms with Crippen LogP contribution in [0.15, 0.2) is 85.1 Å². The van der Waals surface area contributed by atoms with E-state index in [1.54, 1.807) is 35.6 Å². The second-order valence-electron chi connectivity index (χ2n) is 11.0. The Kier molecular flexibility index (Phi) is 6.31. The zero-order chi connectivity index (χ0) is 28.1. The molecule has 1 fully saturated rings. The molecule has 0 saturated heterocycles. The highest BCUT2D eigenvalue weighted by Gasteiger charge is 2.29. The van der Waals surface area contributed by atoms with Gasteiger partial charge in [-0.3, -0.25) is 14.4 Å². The third kappa shape index (κ3) is 4.76. The third-order valence-corrected chi connectivity index (χ3v) is 9.33. The predicted molar refractivity (Wildman–Crippen MR) is 164 cm³/mol. The number of hydrogen-bond acceptors (Lipinski definition) is 4. The van der Waals surface area contributed by atoms with Crippen LogP contribution in [-0.4, -0.2) is 28.7 Å². The van der Waals surface area contributed by atoms with Gasteiger partial charge >= 0.3 is 0 Å². The van der Waals surface area contributed by atoms with Crippen LogP contribution in [0.5, 0.6) is 0 Å². The molecular weight excluding hydrogens is 530 g/mol. The molecule has 5 aromatic rings. The number of hydrogen-bond donors (Lipinski definition) is 1. The van der Waals surface area contributed by atoms with E-state index in [0.717, 1.165) is 50.3 Å². The molecule has 7 rings (SSSR count). The van der Waals surface area contributed by atoms with E-state index in [9.17, 15) is 14.4 Å². The minimum absolute atomic E-state index is 0.0934. The molecule has 2 aliphatic rings. The lowest BCUT2D eigenvalue weighted by molar-refractivity contribution is 0.0974. The largest absolute Gasteiger partial charge is 0.350 e. The smallest absolute Gasteiger partial charge is 0.258 e. The van der Waals surface area contributed by atoms with Gasteiger partial charge < -0.3 is 14.8 Å². The molecule has 41 heavy (non-hydrogen) atoms. The summed E-state index contributed by atoms with van der Waals surface area (Å²) in [5.74, 6) is 0.509. The number of nitrogens with zero attached hydrogens (tertiary/aromatic N) is 2. The van der Waals surface area contributed by atoms with E-state index in [0.29, 0.717) is 42.1 Å². The van der Waals surface area contributed by atoms with Crippen molar-refractivity contribution in [3.8, 4) is 10.4 Å². The molecule has 204 valence electrons. The van der Waals surface area contributed by atoms with Crippen LogP contribution in [0.2, 0.25) is 0 Å². The number of Topliss-reactive ketones (excluding diaryl/α,β-unsaturated/α-hetero) is 1. The molecule has 0 unspecified atom stereocenters. The van der Waals surface area contributed by atoms with Crippen LogP contribution >= 0.6 is 11.3 Å². The molecule has 0 atom stereocenters. The highest BCUT2D eigenvalue weighted by molar-refractivity contribution is 7.17. The number of aryl methyl sites for hydroxylation is 1. The van der Waals surface area contributed by atoms with Crippen molar-refractivity contribution in [2.24, 2.45) is 13.0 Å². The molecule has 3 aromatic carbocycles. The number of aromatic nitrogens is 1. The molecule has 3 heterocycles. The highest BCUT2D eigenvalue weighted by atomic mass is 32.1. The minimum atomic E-state index is -0.195. The summed E-state index contributed by atoms with van der Waals surface area (Å²) in [6.45, 7) is 0.523. The molecule has 0 radical (unpaired) electrons. The van der Waals surface area contributed by atoms with Crippen LogP contribution in [0.3, 0.4) is 0 Å². The van der Waals surface area contributed by atoms with Gasteiger partial charge in [0.05, 0.1) is 21.6 Å². The van der Waals surface area contributed by atoms with Crippen molar-refractivity contribution in [2.45, 2.75) is 25.7 Å². The summed E-state index contributed by atoms with van der Waals surface area (Å²) in [5, 5.41) is 3.98. The van der Waals surface area contributed by atoms with Crippen LogP contribution in [0.25, 0.3) is 21.3 Å². The SMILES string of the molecule is Cn1ccc2cccc(C(=O)Nc3ccc(C(=O)N4CCc5cc(C(=O)CC6CC6)sc5-c5ccccc54)cc3)c21. The summed E-state index contributed by atoms with van der Waals surface area (Å²) in [6, 6.07) is 24.7. The number of ketones is 1. The first kappa shape index (κ1) is 25.5. The second-order valence-corrected chi connectivity index (χ2v) is 12.0. The van der Waals surface area contributed by atoms with Crippen molar-refractivity contribution in [3.63, 3.8) is 0 Å². The fourth-order valence-electron chi connectivity index (χ4n) is 5.72. The lowest BCUT2D eigenvalue weighted by Crippen LogP contribution is -2.32. The molecule has 1 aliphatic heterocycles. The topological polar surface area (TPSA) is 71.4 Å². The molecule has 2 amide bonds. The summed E-state index contributed by atoms with van der Waals surface area (Å²) in [6.07, 6.45) is 5.59. The quantitative estimate of drug-likeness (QED) is 0.221. The van der Waals surface area contributed by atoms with Gasteiger partial charge in [0.15, 0.2) is 5.78 Å². The Balaban J connectivity index is 1.12. The Bertz CT molecular complexity index is 1830. The summed E-state index contributed by atoms with van der Waals surface area (Å²) < 4.78 is 1.94. The Morgan fingerprint density at radius 1 is 0.951 bits per heavy atom. The molecule has 6 nitrogen and oxygen atoms in total. The van der Waals surface area contributed by atoms with Crippen LogP contribution in [0.4, 0.5) is 11.4 Å². The number of anilines is 2. The lowest BCUT2D eigenvalue weighted by atomic mass is 10.1. The minimum Gasteiger partial charge on any atom is -0.350 e. The van der Waals surface area contributed by atoms with E-state index >= 15 is 0 Å². The van der Waals surface area contributed by atoms with Gasteiger partial charge in [-0.1, -0.05) is 30.3 Å². The average Bonchev–Trinajstić information content (AvgIpc) is 3.62. The fraction of sp³-hybridized carbons (Fsp3) is 0.206. The summed E-state index contributed by atoms with van der Waals surface area (Å²) in [4.78, 5) is 43.5. The van der Waals surface area contributed by atoms with E-state index in [-0.39, 0.29) is 17.6 Å². The van der Waals surface area contributed by atoms with Gasteiger partial charge in [-0.25, -0.2) is 0 Å². The first-order valence-electron chi connectivity index (χ1n) is 14.0. The number of rotatable bonds is 6. The number of benzene rings is 3. The number of carbonyl (C=O) groups is 3. The zero-order valence-corrected chi connectivity index (χ0v) is 23.5. The molecule has 1 saturated carbocycles. The Hall–Kier alpha value is -4.49. The normalized spacial score (nSPS) is 14.3. The fourth-order valence-corrected chi connectivity index (χ4v) is 6.91. The van der Waals surface area contributed by atoms with Gasteiger partial charge in [0.2, 0.25) is 0 Å². The van der Waals surface area contributed by atoms with Gasteiger partial charge in [0.25, 0.3) is 11.8 Å². The van der Waals surface area contributed by atoms with Crippen molar-refractivity contribution in [1.82, 2.24) is 4.57 Å². The highest BCUT2D eigenvalue weighted by Crippen LogP contribution is 2.43. The maximum atomic E-state index is 13.8. The predicted octanol–water partition coefficient (Wildman–Crippen LogP) is 7.34. The molecule has 7 heteroatoms. The zero-order valence-electron chi connectivity index (χ0n) is 22.7. The molecule has 1 aliphatic carbocycles. The Labute approximate surface area is 242 Å². The van der Waals surface area contributed by atoms with Crippen molar-refractivity contribution >= 4 is 51.2 Å². The molecule has 0 spiro atoms. The first-order chi connectivity index (χ1) is 20.0. The number of para-hydroxylation sites is 2. The molecule has 2 aromatic heterocycles. The average molecular weight is 560 g/mol. The number of amides is 2. The molecular formula is C34H29N3O3S. The lowest BCUT2D eigenvalue weighted by Gasteiger charge is -2.23. The number of carbonyl (C=O) groups excluding carboxylic acids is 3. The second kappa shape index (κ2) is 10.2. The van der Waals surface area contributed by atoms with E-state index in [1.165, 1.54) is 0 Å². The van der Waals surface area contributed by atoms with Crippen LogP contribution < -0.4 is 10.2 Å². The van der Waals surface area contributed by atoms with Crippen molar-refractivity contribution in [2.75, 3.05) is 16.8 Å². The van der Waals surface area contributed by atoms with E-state index in [2.05, 4.69) is 5.32 Å². The third-order valence-electron chi connectivity index (χ3n) is 8.08. The van der Waals surface area contributed by atoms with Crippen molar-refractivity contribution in [1.29, 1.82) is 0 Å². The van der Waals surface area contributed by atoms with Gasteiger partial charge in [-0.15, -0.1) is 11.3 Å². The van der Waals surface area contributed by atoms with E-state index in [4.69, 9.17) is 0 Å². The van der Waals surface area contributed by atoms with Gasteiger partial charge in [0, 0.05) is 53.3 Å². The number of nitrogens with one attached hydrogen (secondary N) is 1. The van der Waals surface area contributed by atoms with Crippen LogP contribution in [0, 0.1) is 5.92 Å². The van der Waals surface area contributed by atoms with E-state index in [1.807, 2.05) is 77.3 Å². The van der Waals surface area contributed by atoms with Crippen molar-refractivity contribution in [3.05, 3.63) is 107 Å². The first-order valence-corrected chi connectivity index (χ1v) is 14.8. The monoisotopic (exact) mass is 559 g/mol. The van der Waals surface area contributed by atoms with Gasteiger partial charge in [-0.05, 0) is 79.3 Å². The maximum absolute atomic E-state index is 13.8. The standard InChI is InChI=1S/C34H29N3O3S/c1-36-17-15-22-5-4-7-27(31(22)36)33(39)35-25-13-11-23(12-14-25)34(40)37-18-16-24-20-30(29(38)19-21-9-10-21)41-32(24)26-6-2-3-8-28(26)37/h2-8,11-15,17,20-21H,9-10,16,18-19H2,1H3,(H,35,39). The molecule has 1 N–H and O–H groups in total. The van der Waals surface area contributed by atoms with Gasteiger partial charge in [0.1, 0.15) is 0 Å². The summed E-state index contributed by atoms with van der Waals surface area (Å²) in [5.41, 5.74) is 5.62. The Morgan fingerprint density at radius 3 is 2.56 bits per heavy atom. The van der Waals surface area contributed by atoms with Crippen LogP contribution in [-0.2, 0) is 13.5 Å². The number of thiophene rings is 1. The van der Waals surface area contributed by atoms with Gasteiger partial charge in [-0.2, -0.15) is 0 Å². The summed E-state index contributed by atoms with van der Waals surface area (Å²) >= 11 is 1.56. The number of fused-ring (bicyclic) bond motifs is 4. The summed E-state index contributed by atoms with van der Waals surface area (Å²) in [7, 11) is 1.92. The van der Waals surface area contributed by atoms with E-state index < -0.39 is 0 Å². The Morgan fingerprint density at radius 2 is 1.76 bits per heavy atom.